The van der Waals surface area contributed by atoms with Gasteiger partial charge in [0.15, 0.2) is 10.3 Å². The normalized spacial score (nSPS) is 10.4. The second-order valence-corrected chi connectivity index (χ2v) is 5.16. The van der Waals surface area contributed by atoms with Gasteiger partial charge in [-0.15, -0.1) is 0 Å². The van der Waals surface area contributed by atoms with Gasteiger partial charge in [-0.3, -0.25) is 4.79 Å². The Morgan fingerprint density at radius 2 is 1.65 bits per heavy atom. The summed E-state index contributed by atoms with van der Waals surface area (Å²) in [6, 6.07) is 1.92. The fraction of sp³-hybridized carbons (Fsp3) is 0. The molecule has 0 aliphatic rings. The first-order valence-electron chi connectivity index (χ1n) is 5.02. The van der Waals surface area contributed by atoms with Crippen molar-refractivity contribution in [1.82, 2.24) is 9.97 Å². The van der Waals surface area contributed by atoms with Crippen molar-refractivity contribution in [1.29, 1.82) is 0 Å². The Morgan fingerprint density at radius 1 is 1.15 bits per heavy atom. The van der Waals surface area contributed by atoms with Crippen molar-refractivity contribution < 1.29 is 13.6 Å². The van der Waals surface area contributed by atoms with E-state index in [1.165, 1.54) is 0 Å². The van der Waals surface area contributed by atoms with Crippen molar-refractivity contribution in [3.05, 3.63) is 50.4 Å². The highest BCUT2D eigenvalue weighted by atomic mass is 79.9. The molecule has 0 saturated carbocycles. The van der Waals surface area contributed by atoms with Crippen LogP contribution in [0, 0.1) is 11.6 Å². The first-order chi connectivity index (χ1) is 9.40. The van der Waals surface area contributed by atoms with Crippen LogP contribution in [0.25, 0.3) is 0 Å². The first kappa shape index (κ1) is 15.1. The lowest BCUT2D eigenvalue weighted by molar-refractivity contribution is 0.101. The van der Waals surface area contributed by atoms with Gasteiger partial charge in [0, 0.05) is 4.47 Å². The number of rotatable bonds is 2. The van der Waals surface area contributed by atoms with Gasteiger partial charge in [0.05, 0.1) is 0 Å². The molecule has 0 fully saturated rings. The number of halogens is 5. The predicted octanol–water partition coefficient (Wildman–Crippen LogP) is 4.08. The number of aromatic nitrogens is 2. The smallest absolute Gasteiger partial charge is 0.261 e. The summed E-state index contributed by atoms with van der Waals surface area (Å²) in [6.45, 7) is 0. The quantitative estimate of drug-likeness (QED) is 0.796. The van der Waals surface area contributed by atoms with E-state index in [1.807, 2.05) is 0 Å². The molecule has 9 heteroatoms. The molecule has 0 radical (unpaired) electrons. The molecule has 2 rings (SSSR count). The van der Waals surface area contributed by atoms with Crippen LogP contribution >= 0.6 is 39.1 Å². The molecule has 1 N–H and O–H groups in total. The van der Waals surface area contributed by atoms with Gasteiger partial charge in [-0.1, -0.05) is 39.1 Å². The summed E-state index contributed by atoms with van der Waals surface area (Å²) in [4.78, 5) is 19.1. The third-order valence-electron chi connectivity index (χ3n) is 2.23. The number of nitrogens with zero attached hydrogens (tertiary/aromatic N) is 2. The van der Waals surface area contributed by atoms with Crippen molar-refractivity contribution >= 4 is 50.7 Å². The third kappa shape index (κ3) is 3.05. The Bertz CT molecular complexity index is 656. The summed E-state index contributed by atoms with van der Waals surface area (Å²) in [5.41, 5.74) is -0.883. The maximum Gasteiger partial charge on any atom is 0.261 e. The van der Waals surface area contributed by atoms with Gasteiger partial charge >= 0.3 is 0 Å². The van der Waals surface area contributed by atoms with Crippen LogP contribution in [-0.4, -0.2) is 15.9 Å². The van der Waals surface area contributed by atoms with Gasteiger partial charge in [0.2, 0.25) is 0 Å². The lowest BCUT2D eigenvalue weighted by Gasteiger charge is -2.09. The van der Waals surface area contributed by atoms with Crippen LogP contribution in [-0.2, 0) is 0 Å². The summed E-state index contributed by atoms with van der Waals surface area (Å²) in [5.74, 6) is -3.11. The topological polar surface area (TPSA) is 54.9 Å². The molecule has 4 nitrogen and oxygen atoms in total. The molecule has 2 aromatic rings. The van der Waals surface area contributed by atoms with E-state index in [4.69, 9.17) is 23.2 Å². The van der Waals surface area contributed by atoms with Crippen LogP contribution in [0.15, 0.2) is 22.9 Å². The van der Waals surface area contributed by atoms with Gasteiger partial charge in [-0.05, 0) is 12.1 Å². The second-order valence-electron chi connectivity index (χ2n) is 3.53. The molecular weight excluding hydrogens is 379 g/mol. The van der Waals surface area contributed by atoms with E-state index in [-0.39, 0.29) is 20.5 Å². The number of benzene rings is 1. The molecule has 0 unspecified atom stereocenters. The summed E-state index contributed by atoms with van der Waals surface area (Å²) in [5, 5.41) is 1.89. The number of hydrogen-bond acceptors (Lipinski definition) is 3. The molecule has 0 bridgehead atoms. The zero-order chi connectivity index (χ0) is 14.9. The van der Waals surface area contributed by atoms with E-state index in [0.717, 1.165) is 18.5 Å². The largest absolute Gasteiger partial charge is 0.317 e. The Labute approximate surface area is 130 Å². The maximum absolute atomic E-state index is 13.6. The lowest BCUT2D eigenvalue weighted by Crippen LogP contribution is -2.17. The molecule has 0 atom stereocenters. The highest BCUT2D eigenvalue weighted by Crippen LogP contribution is 2.27. The van der Waals surface area contributed by atoms with Crippen LogP contribution in [0.2, 0.25) is 10.3 Å². The van der Waals surface area contributed by atoms with Gasteiger partial charge in [0.25, 0.3) is 5.91 Å². The third-order valence-corrected chi connectivity index (χ3v) is 3.26. The predicted molar refractivity (Wildman–Crippen MR) is 74.1 cm³/mol. The van der Waals surface area contributed by atoms with E-state index >= 15 is 0 Å². The minimum Gasteiger partial charge on any atom is -0.317 e. The van der Waals surface area contributed by atoms with Crippen molar-refractivity contribution in [3.8, 4) is 0 Å². The van der Waals surface area contributed by atoms with Crippen LogP contribution in [0.3, 0.4) is 0 Å². The molecular formula is C11H4BrCl2F2N3O. The minimum atomic E-state index is -1.05. The van der Waals surface area contributed by atoms with E-state index in [0.29, 0.717) is 0 Å². The van der Waals surface area contributed by atoms with Gasteiger partial charge in [0.1, 0.15) is 29.2 Å². The molecule has 1 heterocycles. The Morgan fingerprint density at radius 3 is 2.15 bits per heavy atom. The standard InChI is InChI=1S/C11H4BrCl2F2N3O/c12-4-1-5(15)7(6(16)2-4)11(20)19-8-9(13)17-3-18-10(8)14/h1-3H,(H,19,20). The lowest BCUT2D eigenvalue weighted by atomic mass is 10.2. The van der Waals surface area contributed by atoms with Crippen molar-refractivity contribution in [2.75, 3.05) is 5.32 Å². The molecule has 0 spiro atoms. The zero-order valence-electron chi connectivity index (χ0n) is 9.42. The Kier molecular flexibility index (Phi) is 4.52. The maximum atomic E-state index is 13.6. The highest BCUT2D eigenvalue weighted by molar-refractivity contribution is 9.10. The average Bonchev–Trinajstić information content (AvgIpc) is 2.32. The fourth-order valence-electron chi connectivity index (χ4n) is 1.38. The monoisotopic (exact) mass is 381 g/mol. The van der Waals surface area contributed by atoms with Crippen LogP contribution in [0.4, 0.5) is 14.5 Å². The van der Waals surface area contributed by atoms with E-state index < -0.39 is 23.1 Å². The summed E-state index contributed by atoms with van der Waals surface area (Å²) < 4.78 is 27.4. The average molecular weight is 383 g/mol. The van der Waals surface area contributed by atoms with Crippen LogP contribution < -0.4 is 5.32 Å². The molecule has 0 aliphatic carbocycles. The number of carbonyl (C=O) groups excluding carboxylic acids is 1. The summed E-state index contributed by atoms with van der Waals surface area (Å²) in [7, 11) is 0. The zero-order valence-corrected chi connectivity index (χ0v) is 12.5. The van der Waals surface area contributed by atoms with Gasteiger partial charge in [-0.25, -0.2) is 18.7 Å². The number of amides is 1. The summed E-state index contributed by atoms with van der Waals surface area (Å²) >= 11 is 14.4. The molecule has 104 valence electrons. The number of nitrogens with one attached hydrogen (secondary N) is 1. The second kappa shape index (κ2) is 5.99. The Balaban J connectivity index is 2.39. The van der Waals surface area contributed by atoms with Crippen molar-refractivity contribution in [2.24, 2.45) is 0 Å². The molecule has 1 amide bonds. The molecule has 20 heavy (non-hydrogen) atoms. The van der Waals surface area contributed by atoms with E-state index in [2.05, 4.69) is 31.2 Å². The number of hydrogen-bond donors (Lipinski definition) is 1. The minimum absolute atomic E-state index is 0.123. The van der Waals surface area contributed by atoms with Crippen molar-refractivity contribution in [3.63, 3.8) is 0 Å². The molecule has 0 aliphatic heterocycles. The molecule has 1 aromatic heterocycles. The number of anilines is 1. The van der Waals surface area contributed by atoms with Crippen molar-refractivity contribution in [2.45, 2.75) is 0 Å². The SMILES string of the molecule is O=C(Nc1c(Cl)ncnc1Cl)c1c(F)cc(Br)cc1F. The van der Waals surface area contributed by atoms with E-state index in [1.54, 1.807) is 0 Å². The molecule has 0 saturated heterocycles. The van der Waals surface area contributed by atoms with Gasteiger partial charge in [-0.2, -0.15) is 0 Å². The fourth-order valence-corrected chi connectivity index (χ4v) is 2.19. The number of carbonyl (C=O) groups is 1. The summed E-state index contributed by atoms with van der Waals surface area (Å²) in [6.07, 6.45) is 1.08. The van der Waals surface area contributed by atoms with Crippen LogP contribution in [0.5, 0.6) is 0 Å². The Hall–Kier alpha value is -1.31. The molecule has 1 aromatic carbocycles. The van der Waals surface area contributed by atoms with Crippen LogP contribution in [0.1, 0.15) is 10.4 Å². The first-order valence-corrected chi connectivity index (χ1v) is 6.57. The highest BCUT2D eigenvalue weighted by Gasteiger charge is 2.21. The van der Waals surface area contributed by atoms with E-state index in [9.17, 15) is 13.6 Å². The van der Waals surface area contributed by atoms with Gasteiger partial charge < -0.3 is 5.32 Å².